The van der Waals surface area contributed by atoms with Gasteiger partial charge in [0.15, 0.2) is 0 Å². The van der Waals surface area contributed by atoms with Gasteiger partial charge in [-0.2, -0.15) is 0 Å². The van der Waals surface area contributed by atoms with Crippen LogP contribution >= 0.6 is 0 Å². The highest BCUT2D eigenvalue weighted by atomic mass is 16.2. The molecule has 12 nitrogen and oxygen atoms in total. The summed E-state index contributed by atoms with van der Waals surface area (Å²) in [5.74, 6) is 1.99. The molecule has 3 heterocycles. The molecule has 8 unspecified atom stereocenters. The quantitative estimate of drug-likeness (QED) is 0.144. The Morgan fingerprint density at radius 2 is 1.48 bits per heavy atom. The van der Waals surface area contributed by atoms with E-state index < -0.39 is 12.1 Å². The van der Waals surface area contributed by atoms with E-state index in [1.54, 1.807) is 6.20 Å². The molecular weight excluding hydrogens is 681 g/mol. The normalized spacial score (nSPS) is 25.1. The number of likely N-dealkylation sites (tertiary alicyclic amines) is 2. The average molecular weight is 741 g/mol. The first kappa shape index (κ1) is 40.8. The lowest BCUT2D eigenvalue weighted by molar-refractivity contribution is -0.138. The van der Waals surface area contributed by atoms with E-state index in [1.807, 2.05) is 31.9 Å². The molecule has 0 radical (unpaired) electrons. The van der Waals surface area contributed by atoms with Crippen molar-refractivity contribution in [2.45, 2.75) is 102 Å². The van der Waals surface area contributed by atoms with Gasteiger partial charge >= 0.3 is 0 Å². The predicted octanol–water partition coefficient (Wildman–Crippen LogP) is 4.70. The van der Waals surface area contributed by atoms with E-state index in [2.05, 4.69) is 75.4 Å². The summed E-state index contributed by atoms with van der Waals surface area (Å²) < 4.78 is 0. The Hall–Kier alpha value is -4.36. The van der Waals surface area contributed by atoms with Gasteiger partial charge in [0.1, 0.15) is 5.82 Å². The number of piperidine rings is 2. The summed E-state index contributed by atoms with van der Waals surface area (Å²) in [5, 5.41) is 17.6. The lowest BCUT2D eigenvalue weighted by atomic mass is 9.96. The number of nitrogens with two attached hydrogens (primary N) is 2. The molecule has 7 rings (SSSR count). The molecule has 2 aliphatic carbocycles. The van der Waals surface area contributed by atoms with Gasteiger partial charge in [0.05, 0.1) is 41.8 Å². The number of fused-ring (bicyclic) bond motifs is 4. The summed E-state index contributed by atoms with van der Waals surface area (Å²) in [5.41, 5.74) is 18.6. The van der Waals surface area contributed by atoms with Gasteiger partial charge in [-0.3, -0.25) is 14.6 Å². The number of nitrogens with zero attached hydrogens (tertiary/aromatic N) is 4. The zero-order valence-corrected chi connectivity index (χ0v) is 32.5. The first-order valence-corrected chi connectivity index (χ1v) is 19.4. The molecular formula is C42H60N8O4. The maximum absolute atomic E-state index is 13.4. The van der Waals surface area contributed by atoms with E-state index in [0.717, 1.165) is 92.2 Å². The topological polar surface area (TPSA) is 186 Å². The SMILES string of the molecule is C=N/C=C(\NCC1C2CCC(C2)N1C(=O)C(N)CC)c1ccc(-c2ccc(-c3cnc(C4C5CCC(C5)N4C(=O)C(N)C(C)C)[nH]3)cc2)cc1.CO.CO. The number of nitrogens with one attached hydrogen (secondary N) is 2. The number of aromatic amines is 1. The van der Waals surface area contributed by atoms with Crippen LogP contribution < -0.4 is 16.8 Å². The van der Waals surface area contributed by atoms with Crippen molar-refractivity contribution < 1.29 is 19.8 Å². The lowest BCUT2D eigenvalue weighted by Gasteiger charge is -2.37. The first-order chi connectivity index (χ1) is 26.2. The van der Waals surface area contributed by atoms with Crippen molar-refractivity contribution in [3.05, 3.63) is 72.3 Å². The van der Waals surface area contributed by atoms with E-state index in [9.17, 15) is 9.59 Å². The lowest BCUT2D eigenvalue weighted by Crippen LogP contribution is -2.54. The van der Waals surface area contributed by atoms with Crippen LogP contribution in [-0.2, 0) is 9.59 Å². The second kappa shape index (κ2) is 18.3. The molecule has 4 fully saturated rings. The summed E-state index contributed by atoms with van der Waals surface area (Å²) in [6.45, 7) is 10.3. The van der Waals surface area contributed by atoms with E-state index in [0.29, 0.717) is 30.8 Å². The number of amides is 2. The third-order valence-corrected chi connectivity index (χ3v) is 11.9. The van der Waals surface area contributed by atoms with Crippen LogP contribution in [0.2, 0.25) is 0 Å². The molecule has 12 heteroatoms. The van der Waals surface area contributed by atoms with Crippen LogP contribution in [0.15, 0.2) is 65.9 Å². The fraction of sp³-hybridized carbons (Fsp3) is 0.524. The third kappa shape index (κ3) is 8.17. The van der Waals surface area contributed by atoms with Crippen LogP contribution in [0.4, 0.5) is 0 Å². The zero-order valence-electron chi connectivity index (χ0n) is 32.5. The van der Waals surface area contributed by atoms with Crippen molar-refractivity contribution in [1.82, 2.24) is 25.1 Å². The number of H-pyrrole nitrogens is 1. The monoisotopic (exact) mass is 740 g/mol. The fourth-order valence-corrected chi connectivity index (χ4v) is 9.03. The van der Waals surface area contributed by atoms with Gasteiger partial charge < -0.3 is 41.8 Å². The van der Waals surface area contributed by atoms with Crippen LogP contribution in [0, 0.1) is 17.8 Å². The van der Waals surface area contributed by atoms with Crippen molar-refractivity contribution in [3.8, 4) is 22.4 Å². The van der Waals surface area contributed by atoms with Gasteiger partial charge in [-0.25, -0.2) is 4.98 Å². The molecule has 8 atom stereocenters. The number of carbonyl (C=O) groups excluding carboxylic acids is 2. The van der Waals surface area contributed by atoms with Crippen molar-refractivity contribution in [1.29, 1.82) is 0 Å². The van der Waals surface area contributed by atoms with Gasteiger partial charge in [-0.05, 0) is 91.7 Å². The minimum atomic E-state index is -0.495. The molecule has 54 heavy (non-hydrogen) atoms. The number of aliphatic hydroxyl groups is 2. The number of benzene rings is 2. The Labute approximate surface area is 320 Å². The summed E-state index contributed by atoms with van der Waals surface area (Å²) in [4.78, 5) is 43.1. The molecule has 2 amide bonds. The van der Waals surface area contributed by atoms with Crippen LogP contribution in [-0.4, -0.2) is 99.5 Å². The first-order valence-electron chi connectivity index (χ1n) is 19.4. The van der Waals surface area contributed by atoms with E-state index in [-0.39, 0.29) is 35.9 Å². The van der Waals surface area contributed by atoms with Crippen LogP contribution in [0.25, 0.3) is 28.1 Å². The molecule has 3 aromatic rings. The van der Waals surface area contributed by atoms with E-state index >= 15 is 0 Å². The predicted molar refractivity (Wildman–Crippen MR) is 215 cm³/mol. The van der Waals surface area contributed by atoms with Crippen molar-refractivity contribution in [3.63, 3.8) is 0 Å². The summed E-state index contributed by atoms with van der Waals surface area (Å²) in [7, 11) is 2.00. The average Bonchev–Trinajstić information content (AvgIpc) is 4.08. The Morgan fingerprint density at radius 1 is 0.907 bits per heavy atom. The zero-order chi connectivity index (χ0) is 39.1. The number of hydrogen-bond donors (Lipinski definition) is 6. The minimum absolute atomic E-state index is 0.0426. The van der Waals surface area contributed by atoms with Gasteiger partial charge in [0.25, 0.3) is 0 Å². The maximum Gasteiger partial charge on any atom is 0.240 e. The molecule has 8 N–H and O–H groups in total. The number of carbonyl (C=O) groups is 2. The number of aliphatic hydroxyl groups excluding tert-OH is 2. The molecule has 1 aromatic heterocycles. The fourth-order valence-electron chi connectivity index (χ4n) is 9.03. The second-order valence-electron chi connectivity index (χ2n) is 15.2. The molecule has 4 bridgehead atoms. The Balaban J connectivity index is 0.00000136. The Kier molecular flexibility index (Phi) is 13.8. The summed E-state index contributed by atoms with van der Waals surface area (Å²) in [6.07, 6.45) is 10.8. The van der Waals surface area contributed by atoms with E-state index in [1.165, 1.54) is 0 Å². The Bertz CT molecular complexity index is 1740. The summed E-state index contributed by atoms with van der Waals surface area (Å²) >= 11 is 0. The standard InChI is InChI=1S/C40H52N8O2.2CH4O/c1-5-32(41)39(49)47-30-16-14-28(18-30)35(47)22-44-33(20-43-4)26-10-6-24(7-11-26)25-8-12-27(13-9-25)34-21-45-38(46-34)37-29-15-17-31(19-29)48(37)40(50)36(42)23(2)3;2*1-2/h6-13,20-21,23,28-32,35-37,44H,4-5,14-19,22,41-42H2,1-3H3,(H,45,46);2*2H,1H3/b33-20-;;. The summed E-state index contributed by atoms with van der Waals surface area (Å²) in [6, 6.07) is 16.6. The number of rotatable bonds is 12. The smallest absolute Gasteiger partial charge is 0.240 e. The number of hydrogen-bond acceptors (Lipinski definition) is 9. The number of aliphatic imine (C=N–C) groups is 1. The maximum atomic E-state index is 13.4. The highest BCUT2D eigenvalue weighted by Crippen LogP contribution is 2.50. The Morgan fingerprint density at radius 3 is 2.09 bits per heavy atom. The largest absolute Gasteiger partial charge is 0.400 e. The van der Waals surface area contributed by atoms with Gasteiger partial charge in [-0.15, -0.1) is 0 Å². The second-order valence-corrected chi connectivity index (χ2v) is 15.2. The van der Waals surface area contributed by atoms with Crippen molar-refractivity contribution >= 4 is 24.2 Å². The van der Waals surface area contributed by atoms with Crippen LogP contribution in [0.3, 0.4) is 0 Å². The number of aromatic nitrogens is 2. The van der Waals surface area contributed by atoms with Crippen molar-refractivity contribution in [2.24, 2.45) is 34.2 Å². The third-order valence-electron chi connectivity index (χ3n) is 11.9. The molecule has 2 saturated carbocycles. The van der Waals surface area contributed by atoms with Gasteiger partial charge in [-0.1, -0.05) is 69.3 Å². The number of imidazole rings is 1. The molecule has 292 valence electrons. The molecule has 2 aromatic carbocycles. The van der Waals surface area contributed by atoms with Gasteiger partial charge in [0.2, 0.25) is 11.8 Å². The van der Waals surface area contributed by atoms with Crippen LogP contribution in [0.1, 0.15) is 83.1 Å². The molecule has 4 aliphatic rings. The molecule has 2 saturated heterocycles. The molecule has 2 aliphatic heterocycles. The minimum Gasteiger partial charge on any atom is -0.400 e. The molecule has 0 spiro atoms. The van der Waals surface area contributed by atoms with E-state index in [4.69, 9.17) is 26.7 Å². The van der Waals surface area contributed by atoms with Crippen LogP contribution in [0.5, 0.6) is 0 Å². The van der Waals surface area contributed by atoms with Gasteiger partial charge in [0, 0.05) is 39.0 Å². The van der Waals surface area contributed by atoms with Crippen molar-refractivity contribution in [2.75, 3.05) is 20.8 Å². The highest BCUT2D eigenvalue weighted by molar-refractivity contribution is 5.83. The highest BCUT2D eigenvalue weighted by Gasteiger charge is 2.51.